The molecular weight excluding hydrogens is 268 g/mol. The number of urea groups is 1. The van der Waals surface area contributed by atoms with Gasteiger partial charge in [0.25, 0.3) is 0 Å². The highest BCUT2D eigenvalue weighted by molar-refractivity contribution is 7.98. The number of methoxy groups -OCH3 is 1. The van der Waals surface area contributed by atoms with Gasteiger partial charge in [0.2, 0.25) is 0 Å². The van der Waals surface area contributed by atoms with Gasteiger partial charge < -0.3 is 20.1 Å². The van der Waals surface area contributed by atoms with Crippen molar-refractivity contribution in [1.82, 2.24) is 10.2 Å². The minimum Gasteiger partial charge on any atom is -0.480 e. The van der Waals surface area contributed by atoms with Crippen molar-refractivity contribution in [2.24, 2.45) is 0 Å². The molecule has 1 saturated heterocycles. The Morgan fingerprint density at radius 1 is 1.47 bits per heavy atom. The van der Waals surface area contributed by atoms with Gasteiger partial charge in [0.1, 0.15) is 6.04 Å². The maximum atomic E-state index is 12.0. The van der Waals surface area contributed by atoms with Gasteiger partial charge in [0.05, 0.1) is 6.10 Å². The minimum absolute atomic E-state index is 0.204. The van der Waals surface area contributed by atoms with Crippen LogP contribution in [-0.2, 0) is 9.53 Å². The summed E-state index contributed by atoms with van der Waals surface area (Å²) < 4.78 is 5.24. The number of likely N-dealkylation sites (tertiary alicyclic amines) is 1. The van der Waals surface area contributed by atoms with Gasteiger partial charge in [-0.3, -0.25) is 0 Å². The molecule has 0 aromatic carbocycles. The van der Waals surface area contributed by atoms with Crippen molar-refractivity contribution in [2.45, 2.75) is 31.4 Å². The van der Waals surface area contributed by atoms with Crippen LogP contribution < -0.4 is 5.32 Å². The Morgan fingerprint density at radius 2 is 2.11 bits per heavy atom. The first-order chi connectivity index (χ1) is 9.08. The molecule has 0 aromatic heterocycles. The van der Waals surface area contributed by atoms with Crippen molar-refractivity contribution in [3.63, 3.8) is 0 Å². The number of thioether (sulfide) groups is 1. The average Bonchev–Trinajstić information content (AvgIpc) is 2.43. The van der Waals surface area contributed by atoms with Gasteiger partial charge in [-0.25, -0.2) is 9.59 Å². The molecule has 1 atom stereocenters. The predicted octanol–water partition coefficient (Wildman–Crippen LogP) is 1.01. The van der Waals surface area contributed by atoms with E-state index in [1.54, 1.807) is 23.8 Å². The molecule has 7 heteroatoms. The van der Waals surface area contributed by atoms with Gasteiger partial charge in [-0.2, -0.15) is 11.8 Å². The number of aliphatic carboxylic acids is 1. The molecule has 2 N–H and O–H groups in total. The van der Waals surface area contributed by atoms with Crippen molar-refractivity contribution in [3.05, 3.63) is 0 Å². The normalized spacial score (nSPS) is 18.1. The van der Waals surface area contributed by atoms with Crippen LogP contribution in [0.5, 0.6) is 0 Å². The van der Waals surface area contributed by atoms with Gasteiger partial charge in [-0.1, -0.05) is 0 Å². The Balaban J connectivity index is 2.42. The molecule has 0 unspecified atom stereocenters. The van der Waals surface area contributed by atoms with Gasteiger partial charge in [-0.15, -0.1) is 0 Å². The molecule has 0 bridgehead atoms. The molecule has 110 valence electrons. The third-order valence-electron chi connectivity index (χ3n) is 3.27. The molecule has 0 spiro atoms. The Bertz CT molecular complexity index is 306. The molecule has 1 rings (SSSR count). The first kappa shape index (κ1) is 16.1. The van der Waals surface area contributed by atoms with E-state index >= 15 is 0 Å². The third kappa shape index (κ3) is 5.28. The summed E-state index contributed by atoms with van der Waals surface area (Å²) in [5, 5.41) is 11.7. The highest BCUT2D eigenvalue weighted by atomic mass is 32.2. The molecule has 6 nitrogen and oxygen atoms in total. The lowest BCUT2D eigenvalue weighted by molar-refractivity contribution is -0.139. The summed E-state index contributed by atoms with van der Waals surface area (Å²) in [7, 11) is 1.67. The number of piperidine rings is 1. The first-order valence-electron chi connectivity index (χ1n) is 6.38. The smallest absolute Gasteiger partial charge is 0.326 e. The molecule has 1 fully saturated rings. The van der Waals surface area contributed by atoms with Crippen LogP contribution in [0, 0.1) is 0 Å². The zero-order chi connectivity index (χ0) is 14.3. The second-order valence-electron chi connectivity index (χ2n) is 4.54. The number of hydrogen-bond donors (Lipinski definition) is 2. The van der Waals surface area contributed by atoms with Crippen LogP contribution in [-0.4, -0.2) is 66.4 Å². The zero-order valence-corrected chi connectivity index (χ0v) is 12.2. The average molecular weight is 290 g/mol. The van der Waals surface area contributed by atoms with E-state index in [9.17, 15) is 9.59 Å². The van der Waals surface area contributed by atoms with Crippen LogP contribution in [0.3, 0.4) is 0 Å². The molecule has 19 heavy (non-hydrogen) atoms. The van der Waals surface area contributed by atoms with E-state index < -0.39 is 12.0 Å². The Labute approximate surface area is 117 Å². The quantitative estimate of drug-likeness (QED) is 0.763. The molecule has 0 saturated carbocycles. The number of carboxylic acids is 1. The number of hydrogen-bond acceptors (Lipinski definition) is 4. The molecule has 0 aliphatic carbocycles. The van der Waals surface area contributed by atoms with E-state index in [1.807, 2.05) is 6.26 Å². The molecule has 0 aromatic rings. The lowest BCUT2D eigenvalue weighted by atomic mass is 10.1. The van der Waals surface area contributed by atoms with Gasteiger partial charge in [0, 0.05) is 20.2 Å². The highest BCUT2D eigenvalue weighted by Crippen LogP contribution is 2.13. The van der Waals surface area contributed by atoms with Crippen molar-refractivity contribution in [1.29, 1.82) is 0 Å². The van der Waals surface area contributed by atoms with Crippen molar-refractivity contribution in [2.75, 3.05) is 32.2 Å². The Kier molecular flexibility index (Phi) is 7.01. The number of nitrogens with one attached hydrogen (secondary N) is 1. The number of nitrogens with zero attached hydrogens (tertiary/aromatic N) is 1. The van der Waals surface area contributed by atoms with Gasteiger partial charge in [0.15, 0.2) is 0 Å². The molecule has 1 aliphatic heterocycles. The standard InChI is InChI=1S/C12H22N2O4S/c1-18-9-3-6-14(7-4-9)12(17)13-10(11(15)16)5-8-19-2/h9-10H,3-8H2,1-2H3,(H,13,17)(H,15,16)/t10-/m1/s1. The number of carbonyl (C=O) groups excluding carboxylic acids is 1. The summed E-state index contributed by atoms with van der Waals surface area (Å²) in [5.41, 5.74) is 0. The minimum atomic E-state index is -0.978. The number of carboxylic acid groups (broad SMARTS) is 1. The van der Waals surface area contributed by atoms with Crippen molar-refractivity contribution in [3.8, 4) is 0 Å². The number of rotatable bonds is 6. The van der Waals surface area contributed by atoms with Gasteiger partial charge >= 0.3 is 12.0 Å². The monoisotopic (exact) mass is 290 g/mol. The molecular formula is C12H22N2O4S. The highest BCUT2D eigenvalue weighted by Gasteiger charge is 2.26. The lowest BCUT2D eigenvalue weighted by Crippen LogP contribution is -2.51. The van der Waals surface area contributed by atoms with E-state index in [4.69, 9.17) is 9.84 Å². The summed E-state index contributed by atoms with van der Waals surface area (Å²) in [6.07, 6.45) is 4.15. The lowest BCUT2D eigenvalue weighted by Gasteiger charge is -2.32. The Morgan fingerprint density at radius 3 is 2.58 bits per heavy atom. The fourth-order valence-electron chi connectivity index (χ4n) is 2.03. The van der Waals surface area contributed by atoms with Crippen LogP contribution in [0.4, 0.5) is 4.79 Å². The van der Waals surface area contributed by atoms with Crippen LogP contribution in [0.25, 0.3) is 0 Å². The number of amides is 2. The summed E-state index contributed by atoms with van der Waals surface area (Å²) in [5.74, 6) is -0.266. The largest absolute Gasteiger partial charge is 0.480 e. The second kappa shape index (κ2) is 8.27. The summed E-state index contributed by atoms with van der Waals surface area (Å²) in [6.45, 7) is 1.22. The molecule has 1 aliphatic rings. The van der Waals surface area contributed by atoms with Crippen LogP contribution in [0.15, 0.2) is 0 Å². The maximum absolute atomic E-state index is 12.0. The second-order valence-corrected chi connectivity index (χ2v) is 5.53. The zero-order valence-electron chi connectivity index (χ0n) is 11.4. The number of ether oxygens (including phenoxy) is 1. The summed E-state index contributed by atoms with van der Waals surface area (Å²) in [4.78, 5) is 24.7. The first-order valence-corrected chi connectivity index (χ1v) is 7.77. The topological polar surface area (TPSA) is 78.9 Å². The van der Waals surface area contributed by atoms with Crippen LogP contribution in [0.2, 0.25) is 0 Å². The Hall–Kier alpha value is -0.950. The van der Waals surface area contributed by atoms with Crippen LogP contribution >= 0.6 is 11.8 Å². The van der Waals surface area contributed by atoms with Gasteiger partial charge in [-0.05, 0) is 31.3 Å². The van der Waals surface area contributed by atoms with E-state index in [1.165, 1.54) is 0 Å². The molecule has 0 radical (unpaired) electrons. The van der Waals surface area contributed by atoms with E-state index in [-0.39, 0.29) is 12.1 Å². The predicted molar refractivity (Wildman–Crippen MR) is 74.6 cm³/mol. The maximum Gasteiger partial charge on any atom is 0.326 e. The third-order valence-corrected chi connectivity index (χ3v) is 3.91. The fourth-order valence-corrected chi connectivity index (χ4v) is 2.50. The van der Waals surface area contributed by atoms with Crippen molar-refractivity contribution < 1.29 is 19.4 Å². The van der Waals surface area contributed by atoms with E-state index in [0.717, 1.165) is 12.8 Å². The van der Waals surface area contributed by atoms with E-state index in [2.05, 4.69) is 5.32 Å². The molecule has 2 amide bonds. The van der Waals surface area contributed by atoms with Crippen molar-refractivity contribution >= 4 is 23.8 Å². The summed E-state index contributed by atoms with van der Waals surface area (Å²) >= 11 is 1.57. The fraction of sp³-hybridized carbons (Fsp3) is 0.833. The molecule has 1 heterocycles. The number of carbonyl (C=O) groups is 2. The summed E-state index contributed by atoms with van der Waals surface area (Å²) in [6, 6.07) is -1.09. The SMILES string of the molecule is COC1CCN(C(=O)N[C@H](CCSC)C(=O)O)CC1. The van der Waals surface area contributed by atoms with Crippen LogP contribution in [0.1, 0.15) is 19.3 Å². The van der Waals surface area contributed by atoms with E-state index in [0.29, 0.717) is 25.3 Å².